The van der Waals surface area contributed by atoms with Crippen molar-refractivity contribution in [2.45, 2.75) is 6.04 Å². The van der Waals surface area contributed by atoms with E-state index in [4.69, 9.17) is 5.73 Å². The number of imidazole rings is 1. The zero-order valence-electron chi connectivity index (χ0n) is 7.83. The topological polar surface area (TPSA) is 69.6 Å². The minimum Gasteiger partial charge on any atom is -0.336 e. The number of hydrogen-bond donors (Lipinski definition) is 1. The molecule has 5 nitrogen and oxygen atoms in total. The van der Waals surface area contributed by atoms with Crippen molar-refractivity contribution >= 4 is 0 Å². The lowest BCUT2D eigenvalue weighted by Gasteiger charge is -2.10. The van der Waals surface area contributed by atoms with Crippen LogP contribution < -0.4 is 5.73 Å². The van der Waals surface area contributed by atoms with Gasteiger partial charge in [0.1, 0.15) is 5.82 Å². The molecule has 2 heterocycles. The molecule has 0 bridgehead atoms. The molecular formula is C9H11N5. The van der Waals surface area contributed by atoms with Crippen molar-refractivity contribution in [1.29, 1.82) is 0 Å². The summed E-state index contributed by atoms with van der Waals surface area (Å²) in [5.74, 6) is 0.818. The van der Waals surface area contributed by atoms with Crippen molar-refractivity contribution in [3.05, 3.63) is 42.2 Å². The fraction of sp³-hybridized carbons (Fsp3) is 0.222. The maximum Gasteiger partial charge on any atom is 0.130 e. The van der Waals surface area contributed by atoms with Crippen molar-refractivity contribution in [2.24, 2.45) is 12.8 Å². The second kappa shape index (κ2) is 3.55. The van der Waals surface area contributed by atoms with E-state index in [9.17, 15) is 0 Å². The molecule has 2 N–H and O–H groups in total. The Kier molecular flexibility index (Phi) is 2.24. The summed E-state index contributed by atoms with van der Waals surface area (Å²) in [4.78, 5) is 4.18. The monoisotopic (exact) mass is 189 g/mol. The quantitative estimate of drug-likeness (QED) is 0.735. The van der Waals surface area contributed by atoms with E-state index < -0.39 is 0 Å². The van der Waals surface area contributed by atoms with Gasteiger partial charge in [0.05, 0.1) is 12.2 Å². The molecule has 0 aromatic carbocycles. The average molecular weight is 189 g/mol. The Labute approximate surface area is 81.6 Å². The number of nitrogens with zero attached hydrogens (tertiary/aromatic N) is 4. The molecule has 0 aliphatic carbocycles. The second-order valence-corrected chi connectivity index (χ2v) is 3.05. The molecule has 0 saturated heterocycles. The van der Waals surface area contributed by atoms with Crippen LogP contribution in [0, 0.1) is 0 Å². The first kappa shape index (κ1) is 8.83. The molecule has 0 spiro atoms. The van der Waals surface area contributed by atoms with Crippen molar-refractivity contribution in [1.82, 2.24) is 19.7 Å². The van der Waals surface area contributed by atoms with Gasteiger partial charge < -0.3 is 10.3 Å². The van der Waals surface area contributed by atoms with Crippen LogP contribution in [0.4, 0.5) is 0 Å². The van der Waals surface area contributed by atoms with E-state index in [0.717, 1.165) is 11.4 Å². The largest absolute Gasteiger partial charge is 0.336 e. The van der Waals surface area contributed by atoms with Gasteiger partial charge >= 0.3 is 0 Å². The number of hydrogen-bond acceptors (Lipinski definition) is 4. The first-order valence-electron chi connectivity index (χ1n) is 4.28. The normalized spacial score (nSPS) is 12.7. The third-order valence-corrected chi connectivity index (χ3v) is 2.10. The molecule has 0 radical (unpaired) electrons. The van der Waals surface area contributed by atoms with E-state index in [1.54, 1.807) is 18.6 Å². The number of rotatable bonds is 2. The van der Waals surface area contributed by atoms with Crippen LogP contribution in [0.5, 0.6) is 0 Å². The molecule has 2 aromatic rings. The molecule has 0 fully saturated rings. The molecule has 2 rings (SSSR count). The van der Waals surface area contributed by atoms with Gasteiger partial charge in [-0.15, -0.1) is 0 Å². The summed E-state index contributed by atoms with van der Waals surface area (Å²) < 4.78 is 1.89. The Morgan fingerprint density at radius 1 is 1.36 bits per heavy atom. The highest BCUT2D eigenvalue weighted by Crippen LogP contribution is 2.15. The number of aromatic nitrogens is 4. The van der Waals surface area contributed by atoms with Gasteiger partial charge in [0, 0.05) is 25.6 Å². The van der Waals surface area contributed by atoms with Crippen molar-refractivity contribution in [2.75, 3.05) is 0 Å². The summed E-state index contributed by atoms with van der Waals surface area (Å²) in [7, 11) is 1.91. The lowest BCUT2D eigenvalue weighted by Crippen LogP contribution is -2.16. The molecule has 0 aliphatic rings. The first-order chi connectivity index (χ1) is 6.79. The van der Waals surface area contributed by atoms with E-state index in [1.807, 2.05) is 23.9 Å². The van der Waals surface area contributed by atoms with Gasteiger partial charge in [0.15, 0.2) is 0 Å². The predicted molar refractivity (Wildman–Crippen MR) is 51.3 cm³/mol. The minimum absolute atomic E-state index is 0.245. The van der Waals surface area contributed by atoms with Gasteiger partial charge in [-0.25, -0.2) is 4.98 Å². The van der Waals surface area contributed by atoms with E-state index in [0.29, 0.717) is 0 Å². The summed E-state index contributed by atoms with van der Waals surface area (Å²) in [6.45, 7) is 0. The Morgan fingerprint density at radius 3 is 2.79 bits per heavy atom. The van der Waals surface area contributed by atoms with E-state index in [1.165, 1.54) is 0 Å². The summed E-state index contributed by atoms with van der Waals surface area (Å²) in [6, 6.07) is 1.59. The van der Waals surface area contributed by atoms with Crippen LogP contribution in [-0.4, -0.2) is 19.7 Å². The zero-order valence-corrected chi connectivity index (χ0v) is 7.83. The van der Waals surface area contributed by atoms with Gasteiger partial charge in [0.2, 0.25) is 0 Å². The molecule has 2 aromatic heterocycles. The summed E-state index contributed by atoms with van der Waals surface area (Å²) in [6.07, 6.45) is 6.87. The van der Waals surface area contributed by atoms with Crippen molar-refractivity contribution in [3.63, 3.8) is 0 Å². The summed E-state index contributed by atoms with van der Waals surface area (Å²) in [5, 5.41) is 7.48. The summed E-state index contributed by atoms with van der Waals surface area (Å²) in [5.41, 5.74) is 6.92. The molecule has 1 atom stereocenters. The highest BCUT2D eigenvalue weighted by molar-refractivity contribution is 5.19. The van der Waals surface area contributed by atoms with E-state index in [2.05, 4.69) is 15.2 Å². The van der Waals surface area contributed by atoms with Crippen LogP contribution in [0.1, 0.15) is 17.4 Å². The van der Waals surface area contributed by atoms with Crippen LogP contribution >= 0.6 is 0 Å². The van der Waals surface area contributed by atoms with Gasteiger partial charge in [-0.05, 0) is 11.6 Å². The molecule has 14 heavy (non-hydrogen) atoms. The lowest BCUT2D eigenvalue weighted by atomic mass is 10.1. The Balaban J connectivity index is 2.34. The smallest absolute Gasteiger partial charge is 0.130 e. The molecule has 5 heteroatoms. The second-order valence-electron chi connectivity index (χ2n) is 3.05. The minimum atomic E-state index is -0.245. The SMILES string of the molecule is Cn1ccnc1C(N)c1ccnnc1. The number of nitrogens with two attached hydrogens (primary N) is 1. The fourth-order valence-electron chi connectivity index (χ4n) is 1.31. The number of aryl methyl sites for hydroxylation is 1. The van der Waals surface area contributed by atoms with Crippen LogP contribution in [0.25, 0.3) is 0 Å². The van der Waals surface area contributed by atoms with Crippen molar-refractivity contribution in [3.8, 4) is 0 Å². The molecule has 0 saturated carbocycles. The standard InChI is InChI=1S/C9H11N5/c1-14-5-4-11-9(14)8(10)7-2-3-12-13-6-7/h2-6,8H,10H2,1H3. The van der Waals surface area contributed by atoms with Crippen LogP contribution in [0.15, 0.2) is 30.9 Å². The van der Waals surface area contributed by atoms with Gasteiger partial charge in [-0.3, -0.25) is 0 Å². The van der Waals surface area contributed by atoms with Crippen LogP contribution in [0.2, 0.25) is 0 Å². The van der Waals surface area contributed by atoms with E-state index in [-0.39, 0.29) is 6.04 Å². The lowest BCUT2D eigenvalue weighted by molar-refractivity contribution is 0.711. The Bertz CT molecular complexity index is 408. The summed E-state index contributed by atoms with van der Waals surface area (Å²) >= 11 is 0. The van der Waals surface area contributed by atoms with Gasteiger partial charge in [0.25, 0.3) is 0 Å². The third-order valence-electron chi connectivity index (χ3n) is 2.10. The Morgan fingerprint density at radius 2 is 2.21 bits per heavy atom. The van der Waals surface area contributed by atoms with Crippen molar-refractivity contribution < 1.29 is 0 Å². The predicted octanol–water partition coefficient (Wildman–Crippen LogP) is 0.258. The van der Waals surface area contributed by atoms with E-state index >= 15 is 0 Å². The molecular weight excluding hydrogens is 178 g/mol. The van der Waals surface area contributed by atoms with Gasteiger partial charge in [-0.1, -0.05) is 0 Å². The van der Waals surface area contributed by atoms with Gasteiger partial charge in [-0.2, -0.15) is 10.2 Å². The zero-order chi connectivity index (χ0) is 9.97. The Hall–Kier alpha value is -1.75. The molecule has 1 unspecified atom stereocenters. The average Bonchev–Trinajstić information content (AvgIpc) is 2.65. The van der Waals surface area contributed by atoms with Crippen LogP contribution in [-0.2, 0) is 7.05 Å². The molecule has 0 aliphatic heterocycles. The highest BCUT2D eigenvalue weighted by atomic mass is 15.1. The maximum absolute atomic E-state index is 6.01. The maximum atomic E-state index is 6.01. The third kappa shape index (κ3) is 1.49. The fourth-order valence-corrected chi connectivity index (χ4v) is 1.31. The molecule has 0 amide bonds. The molecule has 72 valence electrons. The highest BCUT2D eigenvalue weighted by Gasteiger charge is 2.12. The van der Waals surface area contributed by atoms with Crippen LogP contribution in [0.3, 0.4) is 0 Å². The first-order valence-corrected chi connectivity index (χ1v) is 4.28.